The van der Waals surface area contributed by atoms with E-state index in [1.54, 1.807) is 6.20 Å². The molecule has 7 heteroatoms. The lowest BCUT2D eigenvalue weighted by molar-refractivity contribution is 0.0688. The second-order valence-corrected chi connectivity index (χ2v) is 9.39. The number of aromatic nitrogens is 5. The normalized spacial score (nSPS) is 14.5. The Morgan fingerprint density at radius 2 is 1.80 bits per heavy atom. The van der Waals surface area contributed by atoms with Crippen LogP contribution in [0.15, 0.2) is 54.7 Å². The first-order chi connectivity index (χ1) is 17.1. The number of piperidine rings is 1. The van der Waals surface area contributed by atoms with Crippen molar-refractivity contribution in [1.82, 2.24) is 29.9 Å². The fourth-order valence-electron chi connectivity index (χ4n) is 4.92. The third-order valence-corrected chi connectivity index (χ3v) is 6.90. The van der Waals surface area contributed by atoms with E-state index in [9.17, 15) is 4.79 Å². The van der Waals surface area contributed by atoms with Crippen molar-refractivity contribution in [3.05, 3.63) is 71.7 Å². The number of fused-ring (bicyclic) bond motifs is 1. The van der Waals surface area contributed by atoms with Gasteiger partial charge < -0.3 is 4.90 Å². The molecule has 0 radical (unpaired) electrons. The third-order valence-electron chi connectivity index (χ3n) is 6.90. The van der Waals surface area contributed by atoms with Crippen LogP contribution in [0.5, 0.6) is 0 Å². The van der Waals surface area contributed by atoms with Gasteiger partial charge >= 0.3 is 0 Å². The number of nitrogens with zero attached hydrogens (tertiary/aromatic N) is 6. The molecule has 35 heavy (non-hydrogen) atoms. The van der Waals surface area contributed by atoms with E-state index in [2.05, 4.69) is 29.4 Å². The van der Waals surface area contributed by atoms with Gasteiger partial charge in [0.05, 0.1) is 40.4 Å². The van der Waals surface area contributed by atoms with Crippen molar-refractivity contribution in [3.63, 3.8) is 0 Å². The highest BCUT2D eigenvalue weighted by Gasteiger charge is 2.26. The van der Waals surface area contributed by atoms with Crippen molar-refractivity contribution in [2.24, 2.45) is 0 Å². The van der Waals surface area contributed by atoms with Crippen LogP contribution in [-0.4, -0.2) is 48.9 Å². The minimum Gasteiger partial charge on any atom is -0.338 e. The van der Waals surface area contributed by atoms with E-state index in [1.165, 1.54) is 0 Å². The highest BCUT2D eigenvalue weighted by molar-refractivity contribution is 5.97. The predicted octanol–water partition coefficient (Wildman–Crippen LogP) is 5.41. The van der Waals surface area contributed by atoms with Gasteiger partial charge in [0.2, 0.25) is 0 Å². The lowest BCUT2D eigenvalue weighted by atomic mass is 10.0. The molecular weight excluding hydrogens is 436 g/mol. The van der Waals surface area contributed by atoms with Gasteiger partial charge in [-0.1, -0.05) is 55.3 Å². The van der Waals surface area contributed by atoms with Gasteiger partial charge in [-0.15, -0.1) is 5.10 Å². The van der Waals surface area contributed by atoms with E-state index in [-0.39, 0.29) is 5.91 Å². The standard InChI is InChI=1S/C28H32N6O/c1-3-4-6-11-25-27(21-9-7-5-8-10-21)31-24-13-12-22(18-26(24)30-25)28(35)33-16-14-23(15-17-33)34-20(2)19-29-32-34/h5,7-10,12-13,18-19,23H,3-4,6,11,14-17H2,1-2H3. The number of likely N-dealkylation sites (tertiary alicyclic amines) is 1. The van der Waals surface area contributed by atoms with Crippen molar-refractivity contribution in [3.8, 4) is 11.3 Å². The predicted molar refractivity (Wildman–Crippen MR) is 137 cm³/mol. The molecule has 0 saturated carbocycles. The van der Waals surface area contributed by atoms with Crippen LogP contribution in [0.25, 0.3) is 22.3 Å². The smallest absolute Gasteiger partial charge is 0.253 e. The number of unbranched alkanes of at least 4 members (excludes halogenated alkanes) is 2. The maximum absolute atomic E-state index is 13.3. The second-order valence-electron chi connectivity index (χ2n) is 9.39. The minimum atomic E-state index is 0.0575. The molecule has 0 unspecified atom stereocenters. The molecule has 1 saturated heterocycles. The molecule has 3 heterocycles. The van der Waals surface area contributed by atoms with Crippen molar-refractivity contribution in [2.45, 2.75) is 58.4 Å². The summed E-state index contributed by atoms with van der Waals surface area (Å²) in [5, 5.41) is 8.22. The molecule has 0 spiro atoms. The summed E-state index contributed by atoms with van der Waals surface area (Å²) < 4.78 is 1.98. The largest absolute Gasteiger partial charge is 0.338 e. The molecule has 180 valence electrons. The Balaban J connectivity index is 1.38. The van der Waals surface area contributed by atoms with Gasteiger partial charge in [0.1, 0.15) is 0 Å². The highest BCUT2D eigenvalue weighted by atomic mass is 16.2. The average molecular weight is 469 g/mol. The molecule has 4 aromatic rings. The topological polar surface area (TPSA) is 76.8 Å². The van der Waals surface area contributed by atoms with E-state index in [0.29, 0.717) is 24.7 Å². The number of carbonyl (C=O) groups is 1. The summed E-state index contributed by atoms with van der Waals surface area (Å²) in [6.07, 6.45) is 7.83. The summed E-state index contributed by atoms with van der Waals surface area (Å²) in [6.45, 7) is 5.65. The summed E-state index contributed by atoms with van der Waals surface area (Å²) in [4.78, 5) is 25.3. The van der Waals surface area contributed by atoms with Crippen LogP contribution in [0.2, 0.25) is 0 Å². The number of carbonyl (C=O) groups excluding carboxylic acids is 1. The Morgan fingerprint density at radius 1 is 1.00 bits per heavy atom. The lowest BCUT2D eigenvalue weighted by Crippen LogP contribution is -2.39. The molecule has 7 nitrogen and oxygen atoms in total. The Labute approximate surface area is 206 Å². The fourth-order valence-corrected chi connectivity index (χ4v) is 4.92. The van der Waals surface area contributed by atoms with Crippen LogP contribution in [-0.2, 0) is 6.42 Å². The Hall–Kier alpha value is -3.61. The number of rotatable bonds is 7. The first-order valence-corrected chi connectivity index (χ1v) is 12.7. The van der Waals surface area contributed by atoms with Crippen LogP contribution in [0.1, 0.15) is 66.8 Å². The maximum atomic E-state index is 13.3. The van der Waals surface area contributed by atoms with Crippen molar-refractivity contribution in [2.75, 3.05) is 13.1 Å². The van der Waals surface area contributed by atoms with Gasteiger partial charge in [-0.25, -0.2) is 14.6 Å². The maximum Gasteiger partial charge on any atom is 0.253 e. The van der Waals surface area contributed by atoms with Crippen LogP contribution in [0, 0.1) is 6.92 Å². The van der Waals surface area contributed by atoms with E-state index >= 15 is 0 Å². The SMILES string of the molecule is CCCCCc1nc2cc(C(=O)N3CCC(n4nncc4C)CC3)ccc2nc1-c1ccccc1. The zero-order chi connectivity index (χ0) is 24.2. The average Bonchev–Trinajstić information content (AvgIpc) is 3.34. The number of amides is 1. The number of benzene rings is 2. The van der Waals surface area contributed by atoms with Crippen molar-refractivity contribution < 1.29 is 4.79 Å². The molecule has 0 N–H and O–H groups in total. The minimum absolute atomic E-state index is 0.0575. The summed E-state index contributed by atoms with van der Waals surface area (Å²) in [6, 6.07) is 16.3. The Bertz CT molecular complexity index is 1310. The van der Waals surface area contributed by atoms with Gasteiger partial charge in [0, 0.05) is 24.2 Å². The molecule has 1 fully saturated rings. The van der Waals surface area contributed by atoms with Crippen molar-refractivity contribution >= 4 is 16.9 Å². The van der Waals surface area contributed by atoms with Gasteiger partial charge in [0.15, 0.2) is 0 Å². The molecule has 0 bridgehead atoms. The molecule has 5 rings (SSSR count). The third kappa shape index (κ3) is 4.94. The van der Waals surface area contributed by atoms with E-state index in [0.717, 1.165) is 72.2 Å². The zero-order valence-corrected chi connectivity index (χ0v) is 20.5. The monoisotopic (exact) mass is 468 g/mol. The summed E-state index contributed by atoms with van der Waals surface area (Å²) in [5.74, 6) is 0.0575. The summed E-state index contributed by atoms with van der Waals surface area (Å²) in [5.41, 5.74) is 6.38. The van der Waals surface area contributed by atoms with Crippen LogP contribution in [0.3, 0.4) is 0 Å². The van der Waals surface area contributed by atoms with Gasteiger partial charge in [-0.05, 0) is 50.8 Å². The van der Waals surface area contributed by atoms with Crippen LogP contribution >= 0.6 is 0 Å². The summed E-state index contributed by atoms with van der Waals surface area (Å²) >= 11 is 0. The molecule has 0 atom stereocenters. The van der Waals surface area contributed by atoms with Crippen molar-refractivity contribution in [1.29, 1.82) is 0 Å². The van der Waals surface area contributed by atoms with E-state index in [1.807, 2.05) is 52.9 Å². The Morgan fingerprint density at radius 3 is 2.51 bits per heavy atom. The first kappa shape index (κ1) is 23.1. The highest BCUT2D eigenvalue weighted by Crippen LogP contribution is 2.27. The molecule has 2 aromatic carbocycles. The molecule has 1 amide bonds. The van der Waals surface area contributed by atoms with Crippen LogP contribution < -0.4 is 0 Å². The van der Waals surface area contributed by atoms with E-state index in [4.69, 9.17) is 9.97 Å². The fraction of sp³-hybridized carbons (Fsp3) is 0.393. The second kappa shape index (κ2) is 10.3. The van der Waals surface area contributed by atoms with Gasteiger partial charge in [0.25, 0.3) is 5.91 Å². The van der Waals surface area contributed by atoms with Gasteiger partial charge in [-0.2, -0.15) is 0 Å². The summed E-state index contributed by atoms with van der Waals surface area (Å²) in [7, 11) is 0. The lowest BCUT2D eigenvalue weighted by Gasteiger charge is -2.32. The Kier molecular flexibility index (Phi) is 6.84. The first-order valence-electron chi connectivity index (χ1n) is 12.7. The zero-order valence-electron chi connectivity index (χ0n) is 20.5. The van der Waals surface area contributed by atoms with E-state index < -0.39 is 0 Å². The number of hydrogen-bond acceptors (Lipinski definition) is 5. The number of aryl methyl sites for hydroxylation is 2. The molecule has 0 aliphatic carbocycles. The molecule has 1 aliphatic rings. The molecule has 1 aliphatic heterocycles. The molecule has 2 aromatic heterocycles. The number of hydrogen-bond donors (Lipinski definition) is 0. The quantitative estimate of drug-likeness (QED) is 0.339. The van der Waals surface area contributed by atoms with Gasteiger partial charge in [-0.3, -0.25) is 4.79 Å². The van der Waals surface area contributed by atoms with Crippen LogP contribution in [0.4, 0.5) is 0 Å². The molecular formula is C28H32N6O.